The molecule has 2 aromatic rings. The Labute approximate surface area is 178 Å². The highest BCUT2D eigenvalue weighted by molar-refractivity contribution is 14.0. The fourth-order valence-electron chi connectivity index (χ4n) is 2.42. The second-order valence-electron chi connectivity index (χ2n) is 6.00. The topological polar surface area (TPSA) is 52.6 Å². The lowest BCUT2D eigenvalue weighted by Crippen LogP contribution is -2.36. The summed E-state index contributed by atoms with van der Waals surface area (Å²) in [6.45, 7) is 7.80. The van der Waals surface area contributed by atoms with Crippen molar-refractivity contribution in [3.63, 3.8) is 0 Å². The van der Waals surface area contributed by atoms with E-state index in [-0.39, 0.29) is 24.0 Å². The molecule has 0 radical (unpaired) electrons. The number of aryl methyl sites for hydroxylation is 1. The predicted molar refractivity (Wildman–Crippen MR) is 122 cm³/mol. The van der Waals surface area contributed by atoms with Gasteiger partial charge in [-0.25, -0.2) is 4.98 Å². The fourth-order valence-corrected chi connectivity index (χ4v) is 3.22. The van der Waals surface area contributed by atoms with Crippen LogP contribution in [0.4, 0.5) is 0 Å². The monoisotopic (exact) mass is 487 g/mol. The minimum atomic E-state index is 0. The molecule has 2 rings (SSSR count). The van der Waals surface area contributed by atoms with Crippen molar-refractivity contribution in [3.8, 4) is 0 Å². The second-order valence-corrected chi connectivity index (χ2v) is 7.20. The minimum absolute atomic E-state index is 0. The summed E-state index contributed by atoms with van der Waals surface area (Å²) in [5.74, 6) is 0.796. The Kier molecular flexibility index (Phi) is 10.8. The van der Waals surface area contributed by atoms with Crippen molar-refractivity contribution in [2.45, 2.75) is 39.9 Å². The molecule has 144 valence electrons. The van der Waals surface area contributed by atoms with Crippen LogP contribution in [0.2, 0.25) is 0 Å². The van der Waals surface area contributed by atoms with E-state index in [9.17, 15) is 0 Å². The number of thiazole rings is 1. The summed E-state index contributed by atoms with van der Waals surface area (Å²) >= 11 is 1.75. The third-order valence-corrected chi connectivity index (χ3v) is 5.17. The zero-order valence-corrected chi connectivity index (χ0v) is 19.2. The number of guanidine groups is 1. The Balaban J connectivity index is 0.00000338. The van der Waals surface area contributed by atoms with Crippen LogP contribution in [0, 0.1) is 0 Å². The molecule has 0 amide bonds. The van der Waals surface area contributed by atoms with Crippen LogP contribution in [0.3, 0.4) is 0 Å². The molecule has 7 heteroatoms. The summed E-state index contributed by atoms with van der Waals surface area (Å²) in [4.78, 5) is 12.3. The van der Waals surface area contributed by atoms with Crippen molar-refractivity contribution in [2.75, 3.05) is 20.6 Å². The molecular formula is C19H30IN5S. The Morgan fingerprint density at radius 2 is 1.92 bits per heavy atom. The van der Waals surface area contributed by atoms with Gasteiger partial charge < -0.3 is 15.5 Å². The van der Waals surface area contributed by atoms with Crippen molar-refractivity contribution < 1.29 is 0 Å². The first-order valence-corrected chi connectivity index (χ1v) is 9.60. The van der Waals surface area contributed by atoms with Crippen LogP contribution in [-0.4, -0.2) is 36.5 Å². The number of nitrogens with one attached hydrogen (secondary N) is 2. The average molecular weight is 487 g/mol. The number of nitrogens with zero attached hydrogens (tertiary/aromatic N) is 3. The van der Waals surface area contributed by atoms with Gasteiger partial charge in [-0.3, -0.25) is 4.99 Å². The summed E-state index contributed by atoms with van der Waals surface area (Å²) in [6, 6.07) is 8.69. The summed E-state index contributed by atoms with van der Waals surface area (Å²) in [5.41, 5.74) is 2.59. The SMILES string of the molecule is CCc1cnc(CNC(=NC)NCc2cccc(CN(C)CC)c2)s1.I. The van der Waals surface area contributed by atoms with Crippen molar-refractivity contribution in [2.24, 2.45) is 4.99 Å². The highest BCUT2D eigenvalue weighted by atomic mass is 127. The van der Waals surface area contributed by atoms with E-state index in [0.29, 0.717) is 6.54 Å². The van der Waals surface area contributed by atoms with E-state index in [1.165, 1.54) is 16.0 Å². The van der Waals surface area contributed by atoms with Gasteiger partial charge in [0.15, 0.2) is 5.96 Å². The molecule has 0 spiro atoms. The van der Waals surface area contributed by atoms with Gasteiger partial charge in [-0.15, -0.1) is 35.3 Å². The Bertz CT molecular complexity index is 686. The molecule has 2 N–H and O–H groups in total. The van der Waals surface area contributed by atoms with Crippen LogP contribution in [-0.2, 0) is 26.1 Å². The molecule has 0 aliphatic carbocycles. The van der Waals surface area contributed by atoms with Crippen LogP contribution in [0.25, 0.3) is 0 Å². The van der Waals surface area contributed by atoms with Gasteiger partial charge in [-0.2, -0.15) is 0 Å². The summed E-state index contributed by atoms with van der Waals surface area (Å²) in [5, 5.41) is 7.79. The number of hydrogen-bond acceptors (Lipinski definition) is 4. The van der Waals surface area contributed by atoms with E-state index in [1.54, 1.807) is 18.4 Å². The summed E-state index contributed by atoms with van der Waals surface area (Å²) in [7, 11) is 3.93. The van der Waals surface area contributed by atoms with Gasteiger partial charge >= 0.3 is 0 Å². The van der Waals surface area contributed by atoms with Gasteiger partial charge in [0.1, 0.15) is 5.01 Å². The molecule has 0 saturated carbocycles. The first-order chi connectivity index (χ1) is 12.1. The van der Waals surface area contributed by atoms with Crippen LogP contribution < -0.4 is 10.6 Å². The normalized spacial score (nSPS) is 11.3. The minimum Gasteiger partial charge on any atom is -0.352 e. The second kappa shape index (κ2) is 12.2. The average Bonchev–Trinajstić information content (AvgIpc) is 3.10. The Hall–Kier alpha value is -1.19. The van der Waals surface area contributed by atoms with Crippen LogP contribution >= 0.6 is 35.3 Å². The largest absolute Gasteiger partial charge is 0.352 e. The van der Waals surface area contributed by atoms with E-state index < -0.39 is 0 Å². The number of rotatable bonds is 8. The standard InChI is InChI=1S/C19H29N5S.HI/c1-5-17-12-21-18(25-17)13-23-19(20-3)22-11-15-8-7-9-16(10-15)14-24(4)6-2;/h7-10,12H,5-6,11,13-14H2,1-4H3,(H2,20,22,23);1H. The Morgan fingerprint density at radius 1 is 1.19 bits per heavy atom. The molecule has 1 heterocycles. The maximum Gasteiger partial charge on any atom is 0.191 e. The number of hydrogen-bond donors (Lipinski definition) is 2. The Morgan fingerprint density at radius 3 is 2.58 bits per heavy atom. The zero-order valence-electron chi connectivity index (χ0n) is 16.1. The quantitative estimate of drug-likeness (QED) is 0.339. The van der Waals surface area contributed by atoms with Crippen molar-refractivity contribution >= 4 is 41.3 Å². The fraction of sp³-hybridized carbons (Fsp3) is 0.474. The van der Waals surface area contributed by atoms with E-state index in [4.69, 9.17) is 0 Å². The van der Waals surface area contributed by atoms with Crippen molar-refractivity contribution in [1.82, 2.24) is 20.5 Å². The summed E-state index contributed by atoms with van der Waals surface area (Å²) in [6.07, 6.45) is 2.99. The lowest BCUT2D eigenvalue weighted by Gasteiger charge is -2.15. The zero-order chi connectivity index (χ0) is 18.1. The van der Waals surface area contributed by atoms with Gasteiger partial charge in [-0.1, -0.05) is 38.1 Å². The smallest absolute Gasteiger partial charge is 0.191 e. The molecule has 1 aromatic carbocycles. The molecule has 0 aliphatic heterocycles. The maximum atomic E-state index is 4.43. The van der Waals surface area contributed by atoms with Gasteiger partial charge in [-0.05, 0) is 31.1 Å². The third-order valence-electron chi connectivity index (χ3n) is 4.02. The first kappa shape index (κ1) is 22.9. The molecule has 0 aliphatic rings. The van der Waals surface area contributed by atoms with E-state index in [2.05, 4.69) is 70.7 Å². The van der Waals surface area contributed by atoms with Crippen LogP contribution in [0.15, 0.2) is 35.5 Å². The lowest BCUT2D eigenvalue weighted by molar-refractivity contribution is 0.345. The van der Waals surface area contributed by atoms with Crippen molar-refractivity contribution in [1.29, 1.82) is 0 Å². The number of aliphatic imine (C=N–C) groups is 1. The highest BCUT2D eigenvalue weighted by Gasteiger charge is 2.04. The number of benzene rings is 1. The van der Waals surface area contributed by atoms with Gasteiger partial charge in [0, 0.05) is 31.2 Å². The number of halogens is 1. The lowest BCUT2D eigenvalue weighted by atomic mass is 10.1. The molecular weight excluding hydrogens is 457 g/mol. The maximum absolute atomic E-state index is 4.43. The van der Waals surface area contributed by atoms with Gasteiger partial charge in [0.25, 0.3) is 0 Å². The molecule has 0 saturated heterocycles. The molecule has 0 atom stereocenters. The number of aromatic nitrogens is 1. The van der Waals surface area contributed by atoms with E-state index in [1.807, 2.05) is 6.20 Å². The molecule has 0 unspecified atom stereocenters. The highest BCUT2D eigenvalue weighted by Crippen LogP contribution is 2.12. The van der Waals surface area contributed by atoms with Crippen molar-refractivity contribution in [3.05, 3.63) is 51.5 Å². The van der Waals surface area contributed by atoms with E-state index >= 15 is 0 Å². The first-order valence-electron chi connectivity index (χ1n) is 8.79. The van der Waals surface area contributed by atoms with E-state index in [0.717, 1.165) is 37.0 Å². The van der Waals surface area contributed by atoms with Crippen LogP contribution in [0.1, 0.15) is 34.9 Å². The van der Waals surface area contributed by atoms with Crippen LogP contribution in [0.5, 0.6) is 0 Å². The third kappa shape index (κ3) is 7.59. The molecule has 0 fully saturated rings. The molecule has 1 aromatic heterocycles. The summed E-state index contributed by atoms with van der Waals surface area (Å²) < 4.78 is 0. The predicted octanol–water partition coefficient (Wildman–Crippen LogP) is 3.64. The van der Waals surface area contributed by atoms with Gasteiger partial charge in [0.2, 0.25) is 0 Å². The molecule has 5 nitrogen and oxygen atoms in total. The van der Waals surface area contributed by atoms with Gasteiger partial charge in [0.05, 0.1) is 6.54 Å². The molecule has 26 heavy (non-hydrogen) atoms. The molecule has 0 bridgehead atoms.